The van der Waals surface area contributed by atoms with E-state index in [2.05, 4.69) is 10.6 Å². The number of halogens is 2. The van der Waals surface area contributed by atoms with Crippen LogP contribution in [0.25, 0.3) is 0 Å². The molecule has 1 aliphatic carbocycles. The molecule has 0 bridgehead atoms. The summed E-state index contributed by atoms with van der Waals surface area (Å²) in [6.45, 7) is 2.23. The lowest BCUT2D eigenvalue weighted by atomic mass is 10.0. The molecule has 6 heteroatoms. The number of hydrogen-bond acceptors (Lipinski definition) is 2. The van der Waals surface area contributed by atoms with E-state index >= 15 is 0 Å². The Hall–Kier alpha value is -2.76. The van der Waals surface area contributed by atoms with Crippen LogP contribution in [0.5, 0.6) is 0 Å². The number of para-hydroxylation sites is 1. The summed E-state index contributed by atoms with van der Waals surface area (Å²) in [5, 5.41) is 4.97. The number of benzene rings is 2. The summed E-state index contributed by atoms with van der Waals surface area (Å²) in [6, 6.07) is 10.9. The molecule has 0 atom stereocenters. The van der Waals surface area contributed by atoms with Crippen molar-refractivity contribution in [2.45, 2.75) is 26.3 Å². The summed E-state index contributed by atoms with van der Waals surface area (Å²) < 4.78 is 27.4. The SMILES string of the molecule is Cc1ccccc1CNC(=O)C1(C(=O)Nc2c(F)cccc2F)CC1. The Bertz CT molecular complexity index is 812. The summed E-state index contributed by atoms with van der Waals surface area (Å²) in [6.07, 6.45) is 0.711. The second-order valence-electron chi connectivity index (χ2n) is 6.24. The molecule has 1 fully saturated rings. The summed E-state index contributed by atoms with van der Waals surface area (Å²) >= 11 is 0. The first-order valence-electron chi connectivity index (χ1n) is 8.02. The van der Waals surface area contributed by atoms with E-state index < -0.39 is 34.6 Å². The van der Waals surface area contributed by atoms with Crippen molar-refractivity contribution in [1.29, 1.82) is 0 Å². The molecule has 0 aromatic heterocycles. The smallest absolute Gasteiger partial charge is 0.240 e. The van der Waals surface area contributed by atoms with Crippen molar-refractivity contribution in [3.8, 4) is 0 Å². The first-order chi connectivity index (χ1) is 11.9. The van der Waals surface area contributed by atoms with Crippen molar-refractivity contribution in [3.05, 3.63) is 65.2 Å². The summed E-state index contributed by atoms with van der Waals surface area (Å²) in [5.41, 5.74) is 0.209. The van der Waals surface area contributed by atoms with Crippen LogP contribution in [0.15, 0.2) is 42.5 Å². The maximum absolute atomic E-state index is 13.7. The van der Waals surface area contributed by atoms with E-state index in [1.165, 1.54) is 6.07 Å². The molecule has 0 heterocycles. The third-order valence-electron chi connectivity index (χ3n) is 4.52. The van der Waals surface area contributed by atoms with Crippen molar-refractivity contribution in [2.75, 3.05) is 5.32 Å². The lowest BCUT2D eigenvalue weighted by molar-refractivity contribution is -0.134. The fraction of sp³-hybridized carbons (Fsp3) is 0.263. The summed E-state index contributed by atoms with van der Waals surface area (Å²) in [7, 11) is 0. The Morgan fingerprint density at radius 1 is 1.00 bits per heavy atom. The van der Waals surface area contributed by atoms with Gasteiger partial charge in [-0.15, -0.1) is 0 Å². The maximum Gasteiger partial charge on any atom is 0.240 e. The quantitative estimate of drug-likeness (QED) is 0.818. The minimum absolute atomic E-state index is 0.300. The second kappa shape index (κ2) is 6.63. The molecule has 2 amide bonds. The van der Waals surface area contributed by atoms with Gasteiger partial charge in [-0.25, -0.2) is 8.78 Å². The van der Waals surface area contributed by atoms with E-state index in [1.807, 2.05) is 31.2 Å². The lowest BCUT2D eigenvalue weighted by Crippen LogP contribution is -2.40. The highest BCUT2D eigenvalue weighted by Crippen LogP contribution is 2.47. The molecule has 3 rings (SSSR count). The minimum Gasteiger partial charge on any atom is -0.351 e. The predicted molar refractivity (Wildman–Crippen MR) is 89.7 cm³/mol. The van der Waals surface area contributed by atoms with Crippen LogP contribution in [0.2, 0.25) is 0 Å². The van der Waals surface area contributed by atoms with Crippen LogP contribution in [0.1, 0.15) is 24.0 Å². The van der Waals surface area contributed by atoms with Crippen molar-refractivity contribution < 1.29 is 18.4 Å². The average molecular weight is 344 g/mol. The van der Waals surface area contributed by atoms with Crippen LogP contribution in [0, 0.1) is 24.0 Å². The third-order valence-corrected chi connectivity index (χ3v) is 4.52. The molecule has 25 heavy (non-hydrogen) atoms. The summed E-state index contributed by atoms with van der Waals surface area (Å²) in [4.78, 5) is 24.9. The number of rotatable bonds is 5. The zero-order valence-corrected chi connectivity index (χ0v) is 13.7. The Labute approximate surface area is 144 Å². The van der Waals surface area contributed by atoms with Crippen LogP contribution in [0.4, 0.5) is 14.5 Å². The van der Waals surface area contributed by atoms with Gasteiger partial charge in [-0.2, -0.15) is 0 Å². The number of nitrogens with one attached hydrogen (secondary N) is 2. The van der Waals surface area contributed by atoms with E-state index in [0.717, 1.165) is 23.3 Å². The van der Waals surface area contributed by atoms with Crippen molar-refractivity contribution >= 4 is 17.5 Å². The topological polar surface area (TPSA) is 58.2 Å². The summed E-state index contributed by atoms with van der Waals surface area (Å²) in [5.74, 6) is -2.85. The molecule has 0 radical (unpaired) electrons. The number of aryl methyl sites for hydroxylation is 1. The van der Waals surface area contributed by atoms with Gasteiger partial charge in [-0.1, -0.05) is 30.3 Å². The molecule has 2 N–H and O–H groups in total. The molecule has 2 aromatic rings. The predicted octanol–water partition coefficient (Wildman–Crippen LogP) is 3.31. The monoisotopic (exact) mass is 344 g/mol. The number of anilines is 1. The zero-order valence-electron chi connectivity index (χ0n) is 13.7. The third kappa shape index (κ3) is 3.38. The first kappa shape index (κ1) is 17.1. The zero-order chi connectivity index (χ0) is 18.0. The molecule has 0 unspecified atom stereocenters. The van der Waals surface area contributed by atoms with Crippen LogP contribution in [0.3, 0.4) is 0 Å². The molecule has 0 aliphatic heterocycles. The van der Waals surface area contributed by atoms with Gasteiger partial charge in [0, 0.05) is 6.54 Å². The van der Waals surface area contributed by atoms with Crippen molar-refractivity contribution in [3.63, 3.8) is 0 Å². The Morgan fingerprint density at radius 3 is 2.24 bits per heavy atom. The largest absolute Gasteiger partial charge is 0.351 e. The molecule has 1 aliphatic rings. The van der Waals surface area contributed by atoms with Gasteiger partial charge in [-0.3, -0.25) is 9.59 Å². The van der Waals surface area contributed by atoms with Gasteiger partial charge in [-0.05, 0) is 43.0 Å². The highest BCUT2D eigenvalue weighted by Gasteiger charge is 2.56. The molecule has 0 saturated heterocycles. The van der Waals surface area contributed by atoms with E-state index in [4.69, 9.17) is 0 Å². The molecular weight excluding hydrogens is 326 g/mol. The van der Waals surface area contributed by atoms with E-state index in [-0.39, 0.29) is 0 Å². The highest BCUT2D eigenvalue weighted by atomic mass is 19.1. The maximum atomic E-state index is 13.7. The van der Waals surface area contributed by atoms with Gasteiger partial charge < -0.3 is 10.6 Å². The molecule has 0 spiro atoms. The molecule has 4 nitrogen and oxygen atoms in total. The van der Waals surface area contributed by atoms with Gasteiger partial charge >= 0.3 is 0 Å². The van der Waals surface area contributed by atoms with Crippen LogP contribution < -0.4 is 10.6 Å². The second-order valence-corrected chi connectivity index (χ2v) is 6.24. The molecule has 1 saturated carbocycles. The van der Waals surface area contributed by atoms with E-state index in [0.29, 0.717) is 19.4 Å². The Balaban J connectivity index is 1.68. The fourth-order valence-corrected chi connectivity index (χ4v) is 2.69. The van der Waals surface area contributed by atoms with E-state index in [9.17, 15) is 18.4 Å². The number of carbonyl (C=O) groups excluding carboxylic acids is 2. The first-order valence-corrected chi connectivity index (χ1v) is 8.02. The number of amides is 2. The standard InChI is InChI=1S/C19H18F2N2O2/c1-12-5-2-3-6-13(12)11-22-17(24)19(9-10-19)18(25)23-16-14(20)7-4-8-15(16)21/h2-8H,9-11H2,1H3,(H,22,24)(H,23,25). The number of hydrogen-bond donors (Lipinski definition) is 2. The van der Waals surface area contributed by atoms with E-state index in [1.54, 1.807) is 0 Å². The van der Waals surface area contributed by atoms with Crippen molar-refractivity contribution in [2.24, 2.45) is 5.41 Å². The Morgan fingerprint density at radius 2 is 1.64 bits per heavy atom. The highest BCUT2D eigenvalue weighted by molar-refractivity contribution is 6.13. The molecule has 2 aromatic carbocycles. The van der Waals surface area contributed by atoms with Crippen LogP contribution in [-0.2, 0) is 16.1 Å². The minimum atomic E-state index is -1.25. The molecular formula is C19H18F2N2O2. The van der Waals surface area contributed by atoms with Gasteiger partial charge in [0.05, 0.1) is 0 Å². The average Bonchev–Trinajstić information content (AvgIpc) is 3.39. The van der Waals surface area contributed by atoms with Gasteiger partial charge in [0.1, 0.15) is 22.7 Å². The lowest BCUT2D eigenvalue weighted by Gasteiger charge is -2.16. The van der Waals surface area contributed by atoms with Crippen molar-refractivity contribution in [1.82, 2.24) is 5.32 Å². The van der Waals surface area contributed by atoms with Crippen LogP contribution in [-0.4, -0.2) is 11.8 Å². The normalized spacial score (nSPS) is 14.7. The van der Waals surface area contributed by atoms with Gasteiger partial charge in [0.25, 0.3) is 0 Å². The molecule has 130 valence electrons. The fourth-order valence-electron chi connectivity index (χ4n) is 2.69. The number of carbonyl (C=O) groups is 2. The van der Waals surface area contributed by atoms with Gasteiger partial charge in [0.2, 0.25) is 11.8 Å². The Kier molecular flexibility index (Phi) is 4.53. The van der Waals surface area contributed by atoms with Gasteiger partial charge in [0.15, 0.2) is 0 Å². The van der Waals surface area contributed by atoms with Crippen LogP contribution >= 0.6 is 0 Å².